The normalized spacial score (nSPS) is 21.1. The van der Waals surface area contributed by atoms with E-state index in [-0.39, 0.29) is 0 Å². The fourth-order valence-corrected chi connectivity index (χ4v) is 1.59. The Morgan fingerprint density at radius 2 is 2.36 bits per heavy atom. The molecule has 1 unspecified atom stereocenters. The predicted octanol–water partition coefficient (Wildman–Crippen LogP) is 2.48. The molecule has 0 fully saturated rings. The second-order valence-corrected chi connectivity index (χ2v) is 3.50. The third-order valence-corrected chi connectivity index (χ3v) is 2.45. The molecule has 0 radical (unpaired) electrons. The molecule has 1 aliphatic carbocycles. The molecule has 0 saturated carbocycles. The fourth-order valence-electron chi connectivity index (χ4n) is 1.59. The number of hydrogen-bond acceptors (Lipinski definition) is 1. The van der Waals surface area contributed by atoms with Gasteiger partial charge in [0, 0.05) is 6.04 Å². The molecular formula is C10H19N. The molecule has 0 heterocycles. The Morgan fingerprint density at radius 3 is 2.91 bits per heavy atom. The second-order valence-electron chi connectivity index (χ2n) is 3.50. The Bertz CT molecular complexity index is 138. The lowest BCUT2D eigenvalue weighted by molar-refractivity contribution is 0.572. The molecule has 1 rings (SSSR count). The molecular weight excluding hydrogens is 134 g/mol. The zero-order valence-corrected chi connectivity index (χ0v) is 7.69. The third-order valence-electron chi connectivity index (χ3n) is 2.45. The molecule has 64 valence electrons. The van der Waals surface area contributed by atoms with Crippen molar-refractivity contribution in [1.29, 1.82) is 0 Å². The molecule has 0 aromatic carbocycles. The lowest BCUT2D eigenvalue weighted by atomic mass is 9.95. The van der Waals surface area contributed by atoms with Gasteiger partial charge in [0.15, 0.2) is 0 Å². The van der Waals surface area contributed by atoms with Crippen molar-refractivity contribution in [2.75, 3.05) is 7.05 Å². The average Bonchev–Trinajstić information content (AvgIpc) is 2.06. The van der Waals surface area contributed by atoms with Crippen molar-refractivity contribution in [3.63, 3.8) is 0 Å². The van der Waals surface area contributed by atoms with Gasteiger partial charge in [-0.15, -0.1) is 0 Å². The van der Waals surface area contributed by atoms with Crippen LogP contribution in [0.4, 0.5) is 0 Å². The SMILES string of the molecule is CNC(C)CC1=CCCCC1. The summed E-state index contributed by atoms with van der Waals surface area (Å²) in [5, 5.41) is 3.27. The van der Waals surface area contributed by atoms with Crippen LogP contribution in [0.3, 0.4) is 0 Å². The summed E-state index contributed by atoms with van der Waals surface area (Å²) in [6.07, 6.45) is 9.13. The van der Waals surface area contributed by atoms with Gasteiger partial charge in [-0.25, -0.2) is 0 Å². The highest BCUT2D eigenvalue weighted by Gasteiger charge is 2.06. The molecule has 11 heavy (non-hydrogen) atoms. The Labute approximate surface area is 69.9 Å². The van der Waals surface area contributed by atoms with Crippen LogP contribution < -0.4 is 5.32 Å². The van der Waals surface area contributed by atoms with E-state index >= 15 is 0 Å². The molecule has 1 N–H and O–H groups in total. The van der Waals surface area contributed by atoms with Gasteiger partial charge in [-0.1, -0.05) is 11.6 Å². The lowest BCUT2D eigenvalue weighted by Crippen LogP contribution is -2.21. The number of allylic oxidation sites excluding steroid dienone is 1. The van der Waals surface area contributed by atoms with E-state index in [9.17, 15) is 0 Å². The highest BCUT2D eigenvalue weighted by Crippen LogP contribution is 2.20. The maximum Gasteiger partial charge on any atom is 0.00729 e. The van der Waals surface area contributed by atoms with E-state index in [0.717, 1.165) is 0 Å². The summed E-state index contributed by atoms with van der Waals surface area (Å²) in [5.74, 6) is 0. The van der Waals surface area contributed by atoms with Crippen LogP contribution in [0, 0.1) is 0 Å². The molecule has 0 bridgehead atoms. The first kappa shape index (κ1) is 8.79. The van der Waals surface area contributed by atoms with Crippen LogP contribution in [0.25, 0.3) is 0 Å². The summed E-state index contributed by atoms with van der Waals surface area (Å²) in [4.78, 5) is 0. The van der Waals surface area contributed by atoms with E-state index in [1.165, 1.54) is 32.1 Å². The van der Waals surface area contributed by atoms with Crippen LogP contribution in [0.15, 0.2) is 11.6 Å². The predicted molar refractivity (Wildman–Crippen MR) is 49.7 cm³/mol. The molecule has 0 amide bonds. The second kappa shape index (κ2) is 4.55. The topological polar surface area (TPSA) is 12.0 Å². The minimum atomic E-state index is 0.652. The highest BCUT2D eigenvalue weighted by molar-refractivity contribution is 5.06. The lowest BCUT2D eigenvalue weighted by Gasteiger charge is -2.16. The molecule has 1 heteroatoms. The van der Waals surface area contributed by atoms with Crippen molar-refractivity contribution in [1.82, 2.24) is 5.32 Å². The summed E-state index contributed by atoms with van der Waals surface area (Å²) in [6.45, 7) is 2.25. The number of rotatable bonds is 3. The monoisotopic (exact) mass is 153 g/mol. The third kappa shape index (κ3) is 3.06. The zero-order chi connectivity index (χ0) is 8.10. The maximum atomic E-state index is 3.27. The number of hydrogen-bond donors (Lipinski definition) is 1. The van der Waals surface area contributed by atoms with Crippen molar-refractivity contribution in [3.05, 3.63) is 11.6 Å². The van der Waals surface area contributed by atoms with Crippen LogP contribution >= 0.6 is 0 Å². The molecule has 0 aromatic rings. The van der Waals surface area contributed by atoms with Crippen molar-refractivity contribution >= 4 is 0 Å². The summed E-state index contributed by atoms with van der Waals surface area (Å²) in [5.41, 5.74) is 1.66. The van der Waals surface area contributed by atoms with Crippen LogP contribution in [-0.4, -0.2) is 13.1 Å². The van der Waals surface area contributed by atoms with E-state index in [1.54, 1.807) is 5.57 Å². The summed E-state index contributed by atoms with van der Waals surface area (Å²) in [6, 6.07) is 0.652. The van der Waals surface area contributed by atoms with Crippen LogP contribution in [0.2, 0.25) is 0 Å². The van der Waals surface area contributed by atoms with Gasteiger partial charge in [-0.3, -0.25) is 0 Å². The van der Waals surface area contributed by atoms with Gasteiger partial charge in [0.05, 0.1) is 0 Å². The highest BCUT2D eigenvalue weighted by atomic mass is 14.8. The van der Waals surface area contributed by atoms with Gasteiger partial charge in [0.2, 0.25) is 0 Å². The minimum Gasteiger partial charge on any atom is -0.317 e. The Hall–Kier alpha value is -0.300. The van der Waals surface area contributed by atoms with Crippen molar-refractivity contribution in [2.45, 2.75) is 45.1 Å². The van der Waals surface area contributed by atoms with Gasteiger partial charge in [-0.05, 0) is 46.1 Å². The van der Waals surface area contributed by atoms with Crippen molar-refractivity contribution in [3.8, 4) is 0 Å². The minimum absolute atomic E-state index is 0.652. The summed E-state index contributed by atoms with van der Waals surface area (Å²) < 4.78 is 0. The quantitative estimate of drug-likeness (QED) is 0.614. The van der Waals surface area contributed by atoms with E-state index in [2.05, 4.69) is 18.3 Å². The Kier molecular flexibility index (Phi) is 3.64. The van der Waals surface area contributed by atoms with Crippen LogP contribution in [-0.2, 0) is 0 Å². The largest absolute Gasteiger partial charge is 0.317 e. The van der Waals surface area contributed by atoms with Crippen LogP contribution in [0.1, 0.15) is 39.0 Å². The Morgan fingerprint density at radius 1 is 1.55 bits per heavy atom. The van der Waals surface area contributed by atoms with E-state index < -0.39 is 0 Å². The van der Waals surface area contributed by atoms with Gasteiger partial charge in [0.25, 0.3) is 0 Å². The molecule has 0 saturated heterocycles. The van der Waals surface area contributed by atoms with E-state index in [1.807, 2.05) is 7.05 Å². The first-order valence-corrected chi connectivity index (χ1v) is 4.68. The first-order chi connectivity index (χ1) is 5.33. The van der Waals surface area contributed by atoms with Gasteiger partial charge in [0.1, 0.15) is 0 Å². The Balaban J connectivity index is 2.29. The average molecular weight is 153 g/mol. The van der Waals surface area contributed by atoms with E-state index in [4.69, 9.17) is 0 Å². The first-order valence-electron chi connectivity index (χ1n) is 4.68. The standard InChI is InChI=1S/C10H19N/c1-9(11-2)8-10-6-4-3-5-7-10/h6,9,11H,3-5,7-8H2,1-2H3. The molecule has 0 spiro atoms. The molecule has 1 atom stereocenters. The molecule has 0 aliphatic heterocycles. The summed E-state index contributed by atoms with van der Waals surface area (Å²) >= 11 is 0. The maximum absolute atomic E-state index is 3.27. The van der Waals surface area contributed by atoms with Crippen molar-refractivity contribution < 1.29 is 0 Å². The molecule has 1 aliphatic rings. The number of nitrogens with one attached hydrogen (secondary N) is 1. The van der Waals surface area contributed by atoms with E-state index in [0.29, 0.717) is 6.04 Å². The molecule has 1 nitrogen and oxygen atoms in total. The zero-order valence-electron chi connectivity index (χ0n) is 7.69. The van der Waals surface area contributed by atoms with Gasteiger partial charge in [-0.2, -0.15) is 0 Å². The summed E-state index contributed by atoms with van der Waals surface area (Å²) in [7, 11) is 2.04. The van der Waals surface area contributed by atoms with Crippen molar-refractivity contribution in [2.24, 2.45) is 0 Å². The smallest absolute Gasteiger partial charge is 0.00729 e. The van der Waals surface area contributed by atoms with Crippen LogP contribution in [0.5, 0.6) is 0 Å². The molecule has 0 aromatic heterocycles. The van der Waals surface area contributed by atoms with Gasteiger partial charge < -0.3 is 5.32 Å². The van der Waals surface area contributed by atoms with Gasteiger partial charge >= 0.3 is 0 Å². The fraction of sp³-hybridized carbons (Fsp3) is 0.800.